The number of hydrogen-bond donors (Lipinski definition) is 0. The maximum Gasteiger partial charge on any atom is 0.349 e. The minimum atomic E-state index is -0.574. The predicted octanol–water partition coefficient (Wildman–Crippen LogP) is 5.05. The Labute approximate surface area is 153 Å². The third kappa shape index (κ3) is 3.52. The fraction of sp³-hybridized carbons (Fsp3) is 0.389. The van der Waals surface area contributed by atoms with Gasteiger partial charge in [-0.3, -0.25) is 0 Å². The van der Waals surface area contributed by atoms with E-state index in [9.17, 15) is 4.79 Å². The van der Waals surface area contributed by atoms with Crippen LogP contribution in [-0.4, -0.2) is 16.2 Å². The molecule has 0 spiro atoms. The Bertz CT molecular complexity index is 843. The minimum Gasteiger partial charge on any atom is -0.448 e. The first-order valence-corrected chi connectivity index (χ1v) is 10.1. The largest absolute Gasteiger partial charge is 0.448 e. The number of aromatic nitrogens is 2. The highest BCUT2D eigenvalue weighted by atomic mass is 32.1. The van der Waals surface area contributed by atoms with Crippen molar-refractivity contribution in [3.63, 3.8) is 0 Å². The molecule has 5 nitrogen and oxygen atoms in total. The predicted molar refractivity (Wildman–Crippen MR) is 97.0 cm³/mol. The molecule has 0 fully saturated rings. The number of hydrogen-bond acceptors (Lipinski definition) is 7. The number of nitrogens with zero attached hydrogens (tertiary/aromatic N) is 2. The lowest BCUT2D eigenvalue weighted by Crippen LogP contribution is -2.08. The summed E-state index contributed by atoms with van der Waals surface area (Å²) in [7, 11) is 0. The van der Waals surface area contributed by atoms with Crippen LogP contribution in [0.4, 0.5) is 0 Å². The van der Waals surface area contributed by atoms with Gasteiger partial charge in [0.1, 0.15) is 4.88 Å². The van der Waals surface area contributed by atoms with Crippen molar-refractivity contribution in [1.29, 1.82) is 0 Å². The van der Waals surface area contributed by atoms with E-state index in [0.717, 1.165) is 17.7 Å². The van der Waals surface area contributed by atoms with Gasteiger partial charge in [0.05, 0.1) is 4.88 Å². The molecule has 0 saturated carbocycles. The average molecular weight is 374 g/mol. The molecule has 1 aliphatic rings. The SMILES string of the molecule is C[C@H](OC(=O)c1cc2c(s1)CCCCC2)c1nnc(-c2cccs2)o1. The lowest BCUT2D eigenvalue weighted by atomic mass is 10.1. The quantitative estimate of drug-likeness (QED) is 0.472. The highest BCUT2D eigenvalue weighted by Crippen LogP contribution is 2.31. The van der Waals surface area contributed by atoms with Crippen LogP contribution >= 0.6 is 22.7 Å². The topological polar surface area (TPSA) is 65.2 Å². The third-order valence-corrected chi connectivity index (χ3v) is 6.33. The van der Waals surface area contributed by atoms with Gasteiger partial charge in [-0.25, -0.2) is 4.79 Å². The first-order chi connectivity index (χ1) is 12.2. The van der Waals surface area contributed by atoms with Crippen LogP contribution in [0, 0.1) is 0 Å². The van der Waals surface area contributed by atoms with Crippen LogP contribution in [0.2, 0.25) is 0 Å². The summed E-state index contributed by atoms with van der Waals surface area (Å²) in [5.74, 6) is 0.451. The Balaban J connectivity index is 1.45. The average Bonchev–Trinajstić information content (AvgIpc) is 3.33. The Kier molecular flexibility index (Phi) is 4.67. The van der Waals surface area contributed by atoms with Gasteiger partial charge in [-0.15, -0.1) is 32.9 Å². The zero-order chi connectivity index (χ0) is 17.2. The monoisotopic (exact) mass is 374 g/mol. The van der Waals surface area contributed by atoms with Gasteiger partial charge in [-0.2, -0.15) is 0 Å². The van der Waals surface area contributed by atoms with Gasteiger partial charge in [0.25, 0.3) is 11.8 Å². The Morgan fingerprint density at radius 3 is 3.00 bits per heavy atom. The van der Waals surface area contributed by atoms with Crippen molar-refractivity contribution in [1.82, 2.24) is 10.2 Å². The van der Waals surface area contributed by atoms with E-state index >= 15 is 0 Å². The highest BCUT2D eigenvalue weighted by Gasteiger charge is 2.23. The maximum atomic E-state index is 12.5. The summed E-state index contributed by atoms with van der Waals surface area (Å²) in [5, 5.41) is 9.99. The summed E-state index contributed by atoms with van der Waals surface area (Å²) in [6.07, 6.45) is 5.21. The van der Waals surface area contributed by atoms with Gasteiger partial charge < -0.3 is 9.15 Å². The molecule has 4 rings (SSSR count). The molecule has 0 bridgehead atoms. The molecule has 25 heavy (non-hydrogen) atoms. The zero-order valence-corrected chi connectivity index (χ0v) is 15.5. The Morgan fingerprint density at radius 1 is 1.28 bits per heavy atom. The third-order valence-electron chi connectivity index (χ3n) is 4.25. The molecule has 0 unspecified atom stereocenters. The molecule has 0 saturated heterocycles. The molecule has 0 amide bonds. The molecule has 3 aromatic rings. The summed E-state index contributed by atoms with van der Waals surface area (Å²) >= 11 is 3.08. The number of aryl methyl sites for hydroxylation is 2. The Morgan fingerprint density at radius 2 is 2.16 bits per heavy atom. The van der Waals surface area contributed by atoms with Gasteiger partial charge in [-0.05, 0) is 55.7 Å². The van der Waals surface area contributed by atoms with Crippen LogP contribution in [0.25, 0.3) is 10.8 Å². The second-order valence-electron chi connectivity index (χ2n) is 6.09. The van der Waals surface area contributed by atoms with E-state index in [0.29, 0.717) is 16.7 Å². The number of esters is 1. The van der Waals surface area contributed by atoms with E-state index in [4.69, 9.17) is 9.15 Å². The van der Waals surface area contributed by atoms with Crippen molar-refractivity contribution < 1.29 is 13.9 Å². The Hall–Kier alpha value is -1.99. The number of rotatable bonds is 4. The second-order valence-corrected chi connectivity index (χ2v) is 8.17. The lowest BCUT2D eigenvalue weighted by molar-refractivity contribution is 0.0285. The number of carbonyl (C=O) groups is 1. The fourth-order valence-electron chi connectivity index (χ4n) is 2.94. The number of ether oxygens (including phenoxy) is 1. The van der Waals surface area contributed by atoms with E-state index in [1.807, 2.05) is 23.6 Å². The molecule has 0 aliphatic heterocycles. The van der Waals surface area contributed by atoms with E-state index < -0.39 is 6.10 Å². The molecular formula is C18H18N2O3S2. The molecular weight excluding hydrogens is 356 g/mol. The molecule has 1 atom stereocenters. The second kappa shape index (κ2) is 7.09. The van der Waals surface area contributed by atoms with Crippen molar-refractivity contribution in [3.8, 4) is 10.8 Å². The molecule has 3 aromatic heterocycles. The smallest absolute Gasteiger partial charge is 0.349 e. The summed E-state index contributed by atoms with van der Waals surface area (Å²) in [6.45, 7) is 1.75. The van der Waals surface area contributed by atoms with Crippen molar-refractivity contribution in [2.75, 3.05) is 0 Å². The minimum absolute atomic E-state index is 0.315. The highest BCUT2D eigenvalue weighted by molar-refractivity contribution is 7.14. The van der Waals surface area contributed by atoms with Crippen LogP contribution < -0.4 is 0 Å². The van der Waals surface area contributed by atoms with Crippen molar-refractivity contribution in [2.45, 2.75) is 45.1 Å². The number of thiophene rings is 2. The first kappa shape index (κ1) is 16.5. The zero-order valence-electron chi connectivity index (χ0n) is 13.9. The normalized spacial score (nSPS) is 15.4. The van der Waals surface area contributed by atoms with Crippen LogP contribution in [0.3, 0.4) is 0 Å². The van der Waals surface area contributed by atoms with Gasteiger partial charge in [0, 0.05) is 4.88 Å². The van der Waals surface area contributed by atoms with Gasteiger partial charge in [0.15, 0.2) is 6.10 Å². The first-order valence-electron chi connectivity index (χ1n) is 8.40. The summed E-state index contributed by atoms with van der Waals surface area (Å²) in [6, 6.07) is 5.83. The summed E-state index contributed by atoms with van der Waals surface area (Å²) in [4.78, 5) is 15.4. The van der Waals surface area contributed by atoms with Gasteiger partial charge >= 0.3 is 5.97 Å². The van der Waals surface area contributed by atoms with E-state index in [1.54, 1.807) is 18.3 Å². The fourth-order valence-corrected chi connectivity index (χ4v) is 4.72. The van der Waals surface area contributed by atoms with E-state index in [-0.39, 0.29) is 5.97 Å². The summed E-state index contributed by atoms with van der Waals surface area (Å²) < 4.78 is 11.2. The molecule has 0 radical (unpaired) electrons. The van der Waals surface area contributed by atoms with Crippen molar-refractivity contribution in [2.24, 2.45) is 0 Å². The summed E-state index contributed by atoms with van der Waals surface area (Å²) in [5.41, 5.74) is 1.31. The molecule has 3 heterocycles. The number of fused-ring (bicyclic) bond motifs is 1. The molecule has 1 aliphatic carbocycles. The molecule has 130 valence electrons. The van der Waals surface area contributed by atoms with Crippen molar-refractivity contribution in [3.05, 3.63) is 44.8 Å². The standard InChI is InChI=1S/C18H18N2O3S2/c1-11(16-19-20-17(23-16)14-8-5-9-24-14)22-18(21)15-10-12-6-3-2-4-7-13(12)25-15/h5,8-11H,2-4,6-7H2,1H3/t11-/m0/s1. The van der Waals surface area contributed by atoms with E-state index in [2.05, 4.69) is 10.2 Å². The lowest BCUT2D eigenvalue weighted by Gasteiger charge is -2.07. The van der Waals surface area contributed by atoms with Crippen LogP contribution in [-0.2, 0) is 17.6 Å². The molecule has 0 aromatic carbocycles. The van der Waals surface area contributed by atoms with Crippen LogP contribution in [0.15, 0.2) is 28.0 Å². The molecule has 0 N–H and O–H groups in total. The van der Waals surface area contributed by atoms with Gasteiger partial charge in [0.2, 0.25) is 0 Å². The maximum absolute atomic E-state index is 12.5. The van der Waals surface area contributed by atoms with Crippen LogP contribution in [0.5, 0.6) is 0 Å². The van der Waals surface area contributed by atoms with Gasteiger partial charge in [-0.1, -0.05) is 12.5 Å². The van der Waals surface area contributed by atoms with Crippen LogP contribution in [0.1, 0.15) is 58.3 Å². The number of carbonyl (C=O) groups excluding carboxylic acids is 1. The van der Waals surface area contributed by atoms with Crippen molar-refractivity contribution >= 4 is 28.6 Å². The molecule has 7 heteroatoms. The van der Waals surface area contributed by atoms with E-state index in [1.165, 1.54) is 41.0 Å².